The zero-order valence-corrected chi connectivity index (χ0v) is 7.82. The van der Waals surface area contributed by atoms with Crippen molar-refractivity contribution in [2.45, 2.75) is 20.3 Å². The predicted molar refractivity (Wildman–Crippen MR) is 50.3 cm³/mol. The summed E-state index contributed by atoms with van der Waals surface area (Å²) in [7, 11) is 0. The normalized spacial score (nSPS) is 11.3. The Bertz CT molecular complexity index is 406. The van der Waals surface area contributed by atoms with Crippen LogP contribution in [0, 0.1) is 5.92 Å². The summed E-state index contributed by atoms with van der Waals surface area (Å²) in [5.41, 5.74) is 1.71. The highest BCUT2D eigenvalue weighted by Crippen LogP contribution is 2.13. The third kappa shape index (κ3) is 1.69. The first-order valence-electron chi connectivity index (χ1n) is 4.46. The van der Waals surface area contributed by atoms with E-state index in [0.717, 1.165) is 17.5 Å². The molecule has 68 valence electrons. The SMILES string of the molecule is CC(C)Cc1ccc2cnoc2n1. The number of rotatable bonds is 2. The molecule has 3 nitrogen and oxygen atoms in total. The van der Waals surface area contributed by atoms with E-state index in [1.807, 2.05) is 12.1 Å². The molecular weight excluding hydrogens is 164 g/mol. The number of fused-ring (bicyclic) bond motifs is 1. The van der Waals surface area contributed by atoms with E-state index in [1.165, 1.54) is 0 Å². The van der Waals surface area contributed by atoms with Crippen LogP contribution in [0.4, 0.5) is 0 Å². The molecule has 0 aliphatic rings. The first kappa shape index (κ1) is 8.23. The minimum atomic E-state index is 0.618. The van der Waals surface area contributed by atoms with Crippen LogP contribution in [0.15, 0.2) is 22.9 Å². The van der Waals surface area contributed by atoms with Crippen LogP contribution in [0.3, 0.4) is 0 Å². The predicted octanol–water partition coefficient (Wildman–Crippen LogP) is 2.42. The van der Waals surface area contributed by atoms with Gasteiger partial charge < -0.3 is 4.52 Å². The monoisotopic (exact) mass is 176 g/mol. The zero-order chi connectivity index (χ0) is 9.26. The molecule has 0 spiro atoms. The van der Waals surface area contributed by atoms with Gasteiger partial charge in [0.05, 0.1) is 11.6 Å². The summed E-state index contributed by atoms with van der Waals surface area (Å²) in [6.45, 7) is 4.35. The van der Waals surface area contributed by atoms with Crippen molar-refractivity contribution in [2.75, 3.05) is 0 Å². The highest BCUT2D eigenvalue weighted by Gasteiger charge is 2.03. The molecule has 2 heterocycles. The molecule has 13 heavy (non-hydrogen) atoms. The third-order valence-electron chi connectivity index (χ3n) is 1.90. The molecule has 0 N–H and O–H groups in total. The maximum Gasteiger partial charge on any atom is 0.257 e. The minimum absolute atomic E-state index is 0.618. The summed E-state index contributed by atoms with van der Waals surface area (Å²) < 4.78 is 4.98. The molecule has 0 saturated heterocycles. The highest BCUT2D eigenvalue weighted by atomic mass is 16.5. The standard InChI is InChI=1S/C10H12N2O/c1-7(2)5-9-4-3-8-6-11-13-10(8)12-9/h3-4,6-7H,5H2,1-2H3. The molecule has 0 atom stereocenters. The van der Waals surface area contributed by atoms with E-state index in [-0.39, 0.29) is 0 Å². The van der Waals surface area contributed by atoms with Crippen LogP contribution < -0.4 is 0 Å². The fourth-order valence-electron chi connectivity index (χ4n) is 1.33. The van der Waals surface area contributed by atoms with Gasteiger partial charge in [-0.3, -0.25) is 0 Å². The quantitative estimate of drug-likeness (QED) is 0.705. The van der Waals surface area contributed by atoms with Crippen molar-refractivity contribution < 1.29 is 4.52 Å². The number of aromatic nitrogens is 2. The van der Waals surface area contributed by atoms with Crippen LogP contribution >= 0.6 is 0 Å². The number of pyridine rings is 1. The van der Waals surface area contributed by atoms with Gasteiger partial charge in [0, 0.05) is 5.69 Å². The summed E-state index contributed by atoms with van der Waals surface area (Å²) in [5.74, 6) is 0.618. The maximum atomic E-state index is 4.98. The van der Waals surface area contributed by atoms with Crippen LogP contribution in [0.1, 0.15) is 19.5 Å². The summed E-state index contributed by atoms with van der Waals surface area (Å²) in [4.78, 5) is 4.35. The van der Waals surface area contributed by atoms with Gasteiger partial charge in [-0.25, -0.2) is 4.98 Å². The Morgan fingerprint density at radius 3 is 3.00 bits per heavy atom. The molecule has 3 heteroatoms. The second-order valence-electron chi connectivity index (χ2n) is 3.62. The van der Waals surface area contributed by atoms with E-state index in [4.69, 9.17) is 4.52 Å². The van der Waals surface area contributed by atoms with Crippen molar-refractivity contribution in [2.24, 2.45) is 5.92 Å². The molecular formula is C10H12N2O. The van der Waals surface area contributed by atoms with Gasteiger partial charge in [-0.15, -0.1) is 0 Å². The lowest BCUT2D eigenvalue weighted by atomic mass is 10.1. The van der Waals surface area contributed by atoms with E-state index in [1.54, 1.807) is 6.20 Å². The number of nitrogens with zero attached hydrogens (tertiary/aromatic N) is 2. The fourth-order valence-corrected chi connectivity index (χ4v) is 1.33. The second-order valence-corrected chi connectivity index (χ2v) is 3.62. The molecule has 2 rings (SSSR count). The van der Waals surface area contributed by atoms with E-state index < -0.39 is 0 Å². The minimum Gasteiger partial charge on any atom is -0.336 e. The first-order chi connectivity index (χ1) is 6.25. The molecule has 0 saturated carbocycles. The summed E-state index contributed by atoms with van der Waals surface area (Å²) in [5, 5.41) is 4.65. The summed E-state index contributed by atoms with van der Waals surface area (Å²) >= 11 is 0. The molecule has 0 radical (unpaired) electrons. The molecule has 2 aromatic heterocycles. The van der Waals surface area contributed by atoms with E-state index in [0.29, 0.717) is 11.6 Å². The highest BCUT2D eigenvalue weighted by molar-refractivity contribution is 5.71. The van der Waals surface area contributed by atoms with Crippen molar-refractivity contribution in [1.29, 1.82) is 0 Å². The van der Waals surface area contributed by atoms with E-state index >= 15 is 0 Å². The summed E-state index contributed by atoms with van der Waals surface area (Å²) in [6, 6.07) is 4.02. The molecule has 0 fully saturated rings. The van der Waals surface area contributed by atoms with E-state index in [9.17, 15) is 0 Å². The Labute approximate surface area is 76.8 Å². The Hall–Kier alpha value is -1.38. The van der Waals surface area contributed by atoms with Crippen molar-refractivity contribution in [3.63, 3.8) is 0 Å². The van der Waals surface area contributed by atoms with Gasteiger partial charge >= 0.3 is 0 Å². The van der Waals surface area contributed by atoms with Crippen LogP contribution in [0.2, 0.25) is 0 Å². The average molecular weight is 176 g/mol. The van der Waals surface area contributed by atoms with Gasteiger partial charge in [-0.2, -0.15) is 0 Å². The molecule has 0 amide bonds. The molecule has 0 unspecified atom stereocenters. The van der Waals surface area contributed by atoms with Gasteiger partial charge in [-0.1, -0.05) is 19.0 Å². The molecule has 0 aliphatic carbocycles. The average Bonchev–Trinajstić information content (AvgIpc) is 2.49. The molecule has 0 bridgehead atoms. The van der Waals surface area contributed by atoms with Gasteiger partial charge in [0.2, 0.25) is 0 Å². The zero-order valence-electron chi connectivity index (χ0n) is 7.82. The Morgan fingerprint density at radius 2 is 2.23 bits per heavy atom. The van der Waals surface area contributed by atoms with Crippen molar-refractivity contribution in [3.05, 3.63) is 24.0 Å². The van der Waals surface area contributed by atoms with Gasteiger partial charge in [0.15, 0.2) is 0 Å². The Balaban J connectivity index is 2.37. The van der Waals surface area contributed by atoms with Gasteiger partial charge in [0.25, 0.3) is 5.71 Å². The lowest BCUT2D eigenvalue weighted by Gasteiger charge is -2.02. The first-order valence-corrected chi connectivity index (χ1v) is 4.46. The Kier molecular flexibility index (Phi) is 2.00. The molecule has 2 aromatic rings. The lowest BCUT2D eigenvalue weighted by Crippen LogP contribution is -1.96. The van der Waals surface area contributed by atoms with Crippen molar-refractivity contribution in [3.8, 4) is 0 Å². The van der Waals surface area contributed by atoms with Crippen molar-refractivity contribution >= 4 is 11.1 Å². The summed E-state index contributed by atoms with van der Waals surface area (Å²) in [6.07, 6.45) is 2.66. The maximum absolute atomic E-state index is 4.98. The van der Waals surface area contributed by atoms with Crippen LogP contribution in [0.5, 0.6) is 0 Å². The fraction of sp³-hybridized carbons (Fsp3) is 0.400. The smallest absolute Gasteiger partial charge is 0.257 e. The van der Waals surface area contributed by atoms with Crippen LogP contribution in [-0.4, -0.2) is 10.1 Å². The lowest BCUT2D eigenvalue weighted by molar-refractivity contribution is 0.447. The Morgan fingerprint density at radius 1 is 1.38 bits per heavy atom. The van der Waals surface area contributed by atoms with Crippen LogP contribution in [-0.2, 0) is 6.42 Å². The van der Waals surface area contributed by atoms with Gasteiger partial charge in [-0.05, 0) is 24.5 Å². The van der Waals surface area contributed by atoms with Crippen LogP contribution in [0.25, 0.3) is 11.1 Å². The second kappa shape index (κ2) is 3.17. The number of hydrogen-bond acceptors (Lipinski definition) is 3. The molecule has 0 aromatic carbocycles. The molecule has 0 aliphatic heterocycles. The largest absolute Gasteiger partial charge is 0.336 e. The van der Waals surface area contributed by atoms with Gasteiger partial charge in [0.1, 0.15) is 0 Å². The number of hydrogen-bond donors (Lipinski definition) is 0. The van der Waals surface area contributed by atoms with Crippen molar-refractivity contribution in [1.82, 2.24) is 10.1 Å². The topological polar surface area (TPSA) is 38.9 Å². The van der Waals surface area contributed by atoms with E-state index in [2.05, 4.69) is 24.0 Å². The third-order valence-corrected chi connectivity index (χ3v) is 1.90.